The molecule has 0 bridgehead atoms. The van der Waals surface area contributed by atoms with Gasteiger partial charge in [0.2, 0.25) is 5.91 Å². The van der Waals surface area contributed by atoms with E-state index in [2.05, 4.69) is 38.2 Å². The van der Waals surface area contributed by atoms with Gasteiger partial charge in [-0.2, -0.15) is 0 Å². The predicted molar refractivity (Wildman–Crippen MR) is 264 cm³/mol. The van der Waals surface area contributed by atoms with Gasteiger partial charge in [-0.1, -0.05) is 258 Å². The van der Waals surface area contributed by atoms with Crippen LogP contribution in [0.15, 0.2) is 12.2 Å². The highest BCUT2D eigenvalue weighted by Crippen LogP contribution is 2.18. The second-order valence-corrected chi connectivity index (χ2v) is 19.0. The van der Waals surface area contributed by atoms with Crippen LogP contribution in [-0.4, -0.2) is 46.9 Å². The number of nitrogens with one attached hydrogen (secondary N) is 1. The summed E-state index contributed by atoms with van der Waals surface area (Å²) in [6, 6.07) is -0.703. The van der Waals surface area contributed by atoms with E-state index in [9.17, 15) is 19.8 Å². The van der Waals surface area contributed by atoms with Crippen molar-refractivity contribution in [3.05, 3.63) is 12.2 Å². The second-order valence-electron chi connectivity index (χ2n) is 19.0. The normalized spacial score (nSPS) is 13.2. The predicted octanol–water partition coefficient (Wildman–Crippen LogP) is 16.5. The summed E-state index contributed by atoms with van der Waals surface area (Å²) in [5, 5.41) is 23.8. The van der Waals surface area contributed by atoms with Crippen molar-refractivity contribution in [3.8, 4) is 0 Å². The van der Waals surface area contributed by atoms with Gasteiger partial charge in [0.1, 0.15) is 6.10 Å². The number of ether oxygens (including phenoxy) is 1. The summed E-state index contributed by atoms with van der Waals surface area (Å²) in [5.41, 5.74) is 0. The van der Waals surface area contributed by atoms with E-state index in [0.29, 0.717) is 19.3 Å². The van der Waals surface area contributed by atoms with Crippen molar-refractivity contribution in [2.45, 2.75) is 322 Å². The molecule has 0 saturated carbocycles. The molecule has 0 aromatic heterocycles. The lowest BCUT2D eigenvalue weighted by molar-refractivity contribution is -0.151. The molecule has 0 heterocycles. The van der Waals surface area contributed by atoms with Gasteiger partial charge in [0.25, 0.3) is 0 Å². The molecular weight excluding hydrogens is 755 g/mol. The Morgan fingerprint density at radius 3 is 1.20 bits per heavy atom. The van der Waals surface area contributed by atoms with Gasteiger partial charge in [-0.05, 0) is 44.9 Å². The summed E-state index contributed by atoms with van der Waals surface area (Å²) in [6.45, 7) is 6.50. The first-order valence-corrected chi connectivity index (χ1v) is 27.4. The van der Waals surface area contributed by atoms with Crippen molar-refractivity contribution < 1.29 is 24.5 Å². The molecule has 0 aliphatic rings. The Bertz CT molecular complexity index is 924. The van der Waals surface area contributed by atoms with Crippen LogP contribution in [-0.2, 0) is 14.3 Å². The first-order valence-electron chi connectivity index (χ1n) is 27.4. The van der Waals surface area contributed by atoms with E-state index in [-0.39, 0.29) is 24.9 Å². The molecule has 6 nitrogen and oxygen atoms in total. The number of aliphatic hydroxyl groups excluding tert-OH is 2. The van der Waals surface area contributed by atoms with E-state index in [1.54, 1.807) is 0 Å². The second kappa shape index (κ2) is 49.6. The van der Waals surface area contributed by atoms with Crippen molar-refractivity contribution in [2.75, 3.05) is 6.61 Å². The fourth-order valence-corrected chi connectivity index (χ4v) is 8.67. The van der Waals surface area contributed by atoms with Crippen molar-refractivity contribution >= 4 is 11.9 Å². The van der Waals surface area contributed by atoms with Gasteiger partial charge in [0, 0.05) is 6.42 Å². The largest absolute Gasteiger partial charge is 0.462 e. The van der Waals surface area contributed by atoms with E-state index in [1.807, 2.05) is 0 Å². The van der Waals surface area contributed by atoms with Gasteiger partial charge in [0.05, 0.1) is 25.2 Å². The number of rotatable bonds is 50. The molecule has 0 fully saturated rings. The molecule has 0 aromatic rings. The zero-order valence-electron chi connectivity index (χ0n) is 41.3. The number of carbonyl (C=O) groups excluding carboxylic acids is 2. The molecule has 0 aliphatic carbocycles. The Labute approximate surface area is 380 Å². The van der Waals surface area contributed by atoms with Crippen LogP contribution in [0.4, 0.5) is 0 Å². The standard InChI is InChI=1S/C55H107NO5/c1-4-7-10-13-16-19-22-25-26-27-28-29-30-33-36-39-42-45-48-55(60)61-51(46-43-40-37-34-31-23-20-17-14-11-8-5-2)49-54(59)56-52(50-57)53(58)47-44-41-38-35-32-24-21-18-15-12-9-6-3/h34,37,51-53,57-58H,4-33,35-36,38-50H2,1-3H3,(H,56,59)/b37-34-. The molecule has 61 heavy (non-hydrogen) atoms. The van der Waals surface area contributed by atoms with Gasteiger partial charge >= 0.3 is 5.97 Å². The monoisotopic (exact) mass is 862 g/mol. The number of unbranched alkanes of at least 4 members (excludes halogenated alkanes) is 36. The molecule has 0 radical (unpaired) electrons. The van der Waals surface area contributed by atoms with Gasteiger partial charge in [-0.25, -0.2) is 0 Å². The maximum absolute atomic E-state index is 13.2. The van der Waals surface area contributed by atoms with Crippen molar-refractivity contribution in [3.63, 3.8) is 0 Å². The maximum atomic E-state index is 13.2. The third-order valence-corrected chi connectivity index (χ3v) is 12.8. The topological polar surface area (TPSA) is 95.9 Å². The Balaban J connectivity index is 4.48. The van der Waals surface area contributed by atoms with Crippen LogP contribution in [0.25, 0.3) is 0 Å². The smallest absolute Gasteiger partial charge is 0.306 e. The van der Waals surface area contributed by atoms with E-state index in [4.69, 9.17) is 4.74 Å². The number of carbonyl (C=O) groups is 2. The molecule has 0 saturated heterocycles. The van der Waals surface area contributed by atoms with E-state index >= 15 is 0 Å². The number of esters is 1. The van der Waals surface area contributed by atoms with Gasteiger partial charge in [-0.15, -0.1) is 0 Å². The van der Waals surface area contributed by atoms with E-state index in [1.165, 1.54) is 205 Å². The number of allylic oxidation sites excluding steroid dienone is 2. The lowest BCUT2D eigenvalue weighted by Gasteiger charge is -2.24. The number of aliphatic hydroxyl groups is 2. The molecule has 3 N–H and O–H groups in total. The summed E-state index contributed by atoms with van der Waals surface area (Å²) in [6.07, 6.45) is 55.7. The first-order chi connectivity index (χ1) is 30.0. The number of hydrogen-bond donors (Lipinski definition) is 3. The zero-order chi connectivity index (χ0) is 44.5. The molecular formula is C55H107NO5. The highest BCUT2D eigenvalue weighted by atomic mass is 16.5. The highest BCUT2D eigenvalue weighted by molar-refractivity contribution is 5.77. The third kappa shape index (κ3) is 45.0. The van der Waals surface area contributed by atoms with E-state index < -0.39 is 18.2 Å². The number of amides is 1. The fraction of sp³-hybridized carbons (Fsp3) is 0.927. The minimum atomic E-state index is -0.788. The summed E-state index contributed by atoms with van der Waals surface area (Å²) in [4.78, 5) is 26.2. The molecule has 0 spiro atoms. The third-order valence-electron chi connectivity index (χ3n) is 12.8. The molecule has 6 heteroatoms. The molecule has 362 valence electrons. The zero-order valence-corrected chi connectivity index (χ0v) is 41.3. The first kappa shape index (κ1) is 59.6. The van der Waals surface area contributed by atoms with Gasteiger partial charge in [0.15, 0.2) is 0 Å². The summed E-state index contributed by atoms with van der Waals surface area (Å²) >= 11 is 0. The number of hydrogen-bond acceptors (Lipinski definition) is 5. The summed E-state index contributed by atoms with van der Waals surface area (Å²) in [5.74, 6) is -0.484. The molecule has 0 aliphatic heterocycles. The van der Waals surface area contributed by atoms with Crippen LogP contribution in [0.5, 0.6) is 0 Å². The van der Waals surface area contributed by atoms with Gasteiger partial charge in [-0.3, -0.25) is 9.59 Å². The minimum absolute atomic E-state index is 0.0639. The van der Waals surface area contributed by atoms with Crippen LogP contribution >= 0.6 is 0 Å². The molecule has 1 amide bonds. The fourth-order valence-electron chi connectivity index (χ4n) is 8.67. The Kier molecular flexibility index (Phi) is 48.5. The summed E-state index contributed by atoms with van der Waals surface area (Å²) in [7, 11) is 0. The molecule has 0 rings (SSSR count). The Hall–Kier alpha value is -1.40. The van der Waals surface area contributed by atoms with Crippen LogP contribution in [0.3, 0.4) is 0 Å². The molecule has 0 aromatic carbocycles. The Morgan fingerprint density at radius 2 is 0.803 bits per heavy atom. The maximum Gasteiger partial charge on any atom is 0.306 e. The van der Waals surface area contributed by atoms with E-state index in [0.717, 1.165) is 51.4 Å². The molecule has 3 unspecified atom stereocenters. The average molecular weight is 862 g/mol. The van der Waals surface area contributed by atoms with Crippen LogP contribution in [0, 0.1) is 0 Å². The van der Waals surface area contributed by atoms with Crippen molar-refractivity contribution in [2.24, 2.45) is 0 Å². The van der Waals surface area contributed by atoms with Crippen LogP contribution in [0.1, 0.15) is 303 Å². The Morgan fingerprint density at radius 1 is 0.459 bits per heavy atom. The molecule has 3 atom stereocenters. The lowest BCUT2D eigenvalue weighted by atomic mass is 10.0. The van der Waals surface area contributed by atoms with Crippen LogP contribution in [0.2, 0.25) is 0 Å². The lowest BCUT2D eigenvalue weighted by Crippen LogP contribution is -2.46. The highest BCUT2D eigenvalue weighted by Gasteiger charge is 2.24. The minimum Gasteiger partial charge on any atom is -0.462 e. The SMILES string of the molecule is CCCCCCCCC/C=C\CCCC(CC(=O)NC(CO)C(O)CCCCCCCCCCCCCC)OC(=O)CCCCCCCCCCCCCCCCCCCC. The quantitative estimate of drug-likeness (QED) is 0.0322. The van der Waals surface area contributed by atoms with Crippen LogP contribution < -0.4 is 5.32 Å². The van der Waals surface area contributed by atoms with Gasteiger partial charge < -0.3 is 20.3 Å². The van der Waals surface area contributed by atoms with Crippen molar-refractivity contribution in [1.29, 1.82) is 0 Å². The average Bonchev–Trinajstić information content (AvgIpc) is 3.25. The van der Waals surface area contributed by atoms with Crippen molar-refractivity contribution in [1.82, 2.24) is 5.32 Å². The summed E-state index contributed by atoms with van der Waals surface area (Å²) < 4.78 is 5.93.